The average molecular weight is 303 g/mol. The number of benzene rings is 1. The number of aromatic nitrogens is 1. The highest BCUT2D eigenvalue weighted by Crippen LogP contribution is 2.27. The van der Waals surface area contributed by atoms with E-state index in [1.807, 2.05) is 11.3 Å². The van der Waals surface area contributed by atoms with Crippen molar-refractivity contribution in [1.29, 1.82) is 0 Å². The van der Waals surface area contributed by atoms with Gasteiger partial charge >= 0.3 is 0 Å². The summed E-state index contributed by atoms with van der Waals surface area (Å²) in [6.07, 6.45) is 3.78. The van der Waals surface area contributed by atoms with E-state index in [2.05, 4.69) is 48.3 Å². The van der Waals surface area contributed by atoms with Crippen LogP contribution >= 0.6 is 11.3 Å². The van der Waals surface area contributed by atoms with E-state index in [0.29, 0.717) is 12.1 Å². The lowest BCUT2D eigenvalue weighted by molar-refractivity contribution is 0.192. The summed E-state index contributed by atoms with van der Waals surface area (Å²) < 4.78 is 1.29. The third kappa shape index (κ3) is 3.62. The van der Waals surface area contributed by atoms with Gasteiger partial charge in [0.1, 0.15) is 5.01 Å². The number of nitrogens with one attached hydrogen (secondary N) is 1. The van der Waals surface area contributed by atoms with E-state index >= 15 is 0 Å². The van der Waals surface area contributed by atoms with E-state index in [-0.39, 0.29) is 0 Å². The number of likely N-dealkylation sites (tertiary alicyclic amines) is 1. The summed E-state index contributed by atoms with van der Waals surface area (Å²) in [4.78, 5) is 7.35. The highest BCUT2D eigenvalue weighted by molar-refractivity contribution is 7.18. The molecule has 3 rings (SSSR count). The monoisotopic (exact) mass is 303 g/mol. The van der Waals surface area contributed by atoms with Gasteiger partial charge < -0.3 is 10.2 Å². The van der Waals surface area contributed by atoms with Crippen LogP contribution < -0.4 is 5.32 Å². The Morgan fingerprint density at radius 3 is 2.81 bits per heavy atom. The molecule has 0 spiro atoms. The number of fused-ring (bicyclic) bond motifs is 1. The maximum atomic E-state index is 4.77. The van der Waals surface area contributed by atoms with Crippen LogP contribution in [-0.4, -0.2) is 35.6 Å². The molecular weight excluding hydrogens is 278 g/mol. The Hall–Kier alpha value is -0.970. The van der Waals surface area contributed by atoms with Crippen molar-refractivity contribution in [2.24, 2.45) is 0 Å². The van der Waals surface area contributed by atoms with Crippen LogP contribution in [0.25, 0.3) is 10.2 Å². The molecule has 0 aliphatic carbocycles. The third-order valence-electron chi connectivity index (χ3n) is 4.29. The van der Waals surface area contributed by atoms with Crippen LogP contribution in [0.1, 0.15) is 44.2 Å². The first-order chi connectivity index (χ1) is 10.3. The Labute approximate surface area is 131 Å². The van der Waals surface area contributed by atoms with Gasteiger partial charge in [0.15, 0.2) is 0 Å². The number of rotatable bonds is 5. The molecule has 2 heterocycles. The molecule has 1 aliphatic heterocycles. The zero-order valence-electron chi connectivity index (χ0n) is 13.0. The topological polar surface area (TPSA) is 28.2 Å². The van der Waals surface area contributed by atoms with Crippen molar-refractivity contribution in [1.82, 2.24) is 15.2 Å². The first-order valence-corrected chi connectivity index (χ1v) is 8.91. The summed E-state index contributed by atoms with van der Waals surface area (Å²) in [5, 5.41) is 4.99. The van der Waals surface area contributed by atoms with Crippen LogP contribution in [0, 0.1) is 0 Å². The third-order valence-corrected chi connectivity index (χ3v) is 5.51. The molecule has 3 nitrogen and oxygen atoms in total. The maximum absolute atomic E-state index is 4.77. The predicted octanol–water partition coefficient (Wildman–Crippen LogP) is 3.82. The molecule has 1 atom stereocenters. The van der Waals surface area contributed by atoms with Crippen molar-refractivity contribution in [2.45, 2.75) is 45.2 Å². The van der Waals surface area contributed by atoms with Gasteiger partial charge in [0, 0.05) is 6.04 Å². The molecule has 1 fully saturated rings. The molecule has 1 N–H and O–H groups in total. The Bertz CT molecular complexity index is 539. The summed E-state index contributed by atoms with van der Waals surface area (Å²) in [6, 6.07) is 9.40. The van der Waals surface area contributed by atoms with E-state index < -0.39 is 0 Å². The summed E-state index contributed by atoms with van der Waals surface area (Å²) in [7, 11) is 0. The fraction of sp³-hybridized carbons (Fsp3) is 0.588. The van der Waals surface area contributed by atoms with Crippen molar-refractivity contribution in [3.63, 3.8) is 0 Å². The SMILES string of the molecule is CCCN1CCC(NC(C)c2nc3ccccc3s2)CC1. The average Bonchev–Trinajstić information content (AvgIpc) is 2.94. The number of piperidine rings is 1. The van der Waals surface area contributed by atoms with Gasteiger partial charge in [-0.3, -0.25) is 0 Å². The van der Waals surface area contributed by atoms with Crippen LogP contribution in [0.3, 0.4) is 0 Å². The molecule has 0 bridgehead atoms. The van der Waals surface area contributed by atoms with Crippen LogP contribution in [-0.2, 0) is 0 Å². The van der Waals surface area contributed by atoms with Gasteiger partial charge in [-0.1, -0.05) is 19.1 Å². The molecule has 1 unspecified atom stereocenters. The van der Waals surface area contributed by atoms with Crippen LogP contribution in [0.2, 0.25) is 0 Å². The van der Waals surface area contributed by atoms with E-state index in [0.717, 1.165) is 5.52 Å². The first-order valence-electron chi connectivity index (χ1n) is 8.10. The Kier molecular flexibility index (Phi) is 4.88. The Morgan fingerprint density at radius 2 is 2.10 bits per heavy atom. The Balaban J connectivity index is 1.58. The van der Waals surface area contributed by atoms with E-state index in [1.165, 1.54) is 48.6 Å². The lowest BCUT2D eigenvalue weighted by Crippen LogP contribution is -2.43. The number of nitrogens with zero attached hydrogens (tertiary/aromatic N) is 2. The van der Waals surface area contributed by atoms with Crippen molar-refractivity contribution < 1.29 is 0 Å². The fourth-order valence-corrected chi connectivity index (χ4v) is 4.12. The van der Waals surface area contributed by atoms with Gasteiger partial charge in [-0.15, -0.1) is 11.3 Å². The number of hydrogen-bond acceptors (Lipinski definition) is 4. The fourth-order valence-electron chi connectivity index (χ4n) is 3.14. The molecule has 1 aromatic heterocycles. The number of hydrogen-bond donors (Lipinski definition) is 1. The molecule has 2 aromatic rings. The molecular formula is C17H25N3S. The maximum Gasteiger partial charge on any atom is 0.111 e. The van der Waals surface area contributed by atoms with Gasteiger partial charge in [0.25, 0.3) is 0 Å². The molecule has 21 heavy (non-hydrogen) atoms. The molecule has 4 heteroatoms. The summed E-state index contributed by atoms with van der Waals surface area (Å²) in [5.41, 5.74) is 1.13. The van der Waals surface area contributed by atoms with Crippen molar-refractivity contribution in [2.75, 3.05) is 19.6 Å². The summed E-state index contributed by atoms with van der Waals surface area (Å²) in [5.74, 6) is 0. The van der Waals surface area contributed by atoms with Gasteiger partial charge in [0.2, 0.25) is 0 Å². The standard InChI is InChI=1S/C17H25N3S/c1-3-10-20-11-8-14(9-12-20)18-13(2)17-19-15-6-4-5-7-16(15)21-17/h4-7,13-14,18H,3,8-12H2,1-2H3. The molecule has 114 valence electrons. The second-order valence-electron chi connectivity index (χ2n) is 6.02. The predicted molar refractivity (Wildman–Crippen MR) is 90.9 cm³/mol. The van der Waals surface area contributed by atoms with Crippen molar-refractivity contribution in [3.05, 3.63) is 29.3 Å². The van der Waals surface area contributed by atoms with Gasteiger partial charge in [-0.2, -0.15) is 0 Å². The summed E-state index contributed by atoms with van der Waals surface area (Å²) in [6.45, 7) is 8.23. The second kappa shape index (κ2) is 6.86. The van der Waals surface area contributed by atoms with Crippen molar-refractivity contribution >= 4 is 21.6 Å². The highest BCUT2D eigenvalue weighted by atomic mass is 32.1. The molecule has 0 radical (unpaired) electrons. The van der Waals surface area contributed by atoms with Gasteiger partial charge in [-0.25, -0.2) is 4.98 Å². The van der Waals surface area contributed by atoms with Crippen molar-refractivity contribution in [3.8, 4) is 0 Å². The smallest absolute Gasteiger partial charge is 0.111 e. The quantitative estimate of drug-likeness (QED) is 0.910. The summed E-state index contributed by atoms with van der Waals surface area (Å²) >= 11 is 1.82. The van der Waals surface area contributed by atoms with Crippen LogP contribution in [0.5, 0.6) is 0 Å². The number of thiazole rings is 1. The zero-order valence-corrected chi connectivity index (χ0v) is 13.8. The molecule has 1 aliphatic rings. The minimum Gasteiger partial charge on any atom is -0.305 e. The van der Waals surface area contributed by atoms with Crippen LogP contribution in [0.15, 0.2) is 24.3 Å². The second-order valence-corrected chi connectivity index (χ2v) is 7.09. The highest BCUT2D eigenvalue weighted by Gasteiger charge is 2.21. The lowest BCUT2D eigenvalue weighted by atomic mass is 10.0. The normalized spacial score (nSPS) is 19.1. The molecule has 0 saturated carbocycles. The largest absolute Gasteiger partial charge is 0.305 e. The Morgan fingerprint density at radius 1 is 1.33 bits per heavy atom. The molecule has 1 saturated heterocycles. The minimum absolute atomic E-state index is 0.352. The first kappa shape index (κ1) is 14.9. The number of para-hydroxylation sites is 1. The van der Waals surface area contributed by atoms with Gasteiger partial charge in [-0.05, 0) is 58.0 Å². The molecule has 1 aromatic carbocycles. The zero-order chi connectivity index (χ0) is 14.7. The lowest BCUT2D eigenvalue weighted by Gasteiger charge is -2.33. The minimum atomic E-state index is 0.352. The van der Waals surface area contributed by atoms with E-state index in [4.69, 9.17) is 4.98 Å². The van der Waals surface area contributed by atoms with E-state index in [9.17, 15) is 0 Å². The molecule has 0 amide bonds. The van der Waals surface area contributed by atoms with Crippen LogP contribution in [0.4, 0.5) is 0 Å². The van der Waals surface area contributed by atoms with E-state index in [1.54, 1.807) is 0 Å². The van der Waals surface area contributed by atoms with Gasteiger partial charge in [0.05, 0.1) is 16.3 Å².